The van der Waals surface area contributed by atoms with Crippen LogP contribution in [0.4, 0.5) is 17.1 Å². The number of para-hydroxylation sites is 2. The quantitative estimate of drug-likeness (QED) is 0.150. The second-order valence-corrected chi connectivity index (χ2v) is 15.3. The number of aromatic nitrogens is 1. The van der Waals surface area contributed by atoms with E-state index in [1.807, 2.05) is 0 Å². The Kier molecular flexibility index (Phi) is 8.87. The zero-order valence-corrected chi connectivity index (χ0v) is 33.0. The summed E-state index contributed by atoms with van der Waals surface area (Å²) in [5, 5.41) is 4.84. The van der Waals surface area contributed by atoms with E-state index in [-0.39, 0.29) is 0 Å². The summed E-state index contributed by atoms with van der Waals surface area (Å²) in [5.41, 5.74) is 16.2. The average Bonchev–Trinajstić information content (AvgIpc) is 3.66. The fourth-order valence-corrected chi connectivity index (χ4v) is 8.96. The van der Waals surface area contributed by atoms with Crippen molar-refractivity contribution >= 4 is 49.6 Å². The van der Waals surface area contributed by atoms with Crippen LogP contribution in [0.1, 0.15) is 0 Å². The van der Waals surface area contributed by atoms with Crippen molar-refractivity contribution < 1.29 is 0 Å². The number of hydrogen-bond donors (Lipinski definition) is 0. The van der Waals surface area contributed by atoms with Crippen LogP contribution in [0.3, 0.4) is 0 Å². The molecule has 0 aliphatic carbocycles. The van der Waals surface area contributed by atoms with Gasteiger partial charge >= 0.3 is 0 Å². The Bertz CT molecular complexity index is 3290. The first-order chi connectivity index (χ1) is 29.8. The zero-order valence-electron chi connectivity index (χ0n) is 33.0. The number of fused-ring (bicyclic) bond motifs is 4. The van der Waals surface area contributed by atoms with Gasteiger partial charge in [-0.15, -0.1) is 0 Å². The van der Waals surface area contributed by atoms with Crippen LogP contribution < -0.4 is 4.90 Å². The predicted octanol–water partition coefficient (Wildman–Crippen LogP) is 16.1. The molecule has 0 aliphatic heterocycles. The normalized spacial score (nSPS) is 11.3. The molecule has 11 rings (SSSR count). The van der Waals surface area contributed by atoms with Crippen molar-refractivity contribution in [3.05, 3.63) is 243 Å². The minimum atomic E-state index is 1.08. The van der Waals surface area contributed by atoms with Gasteiger partial charge in [-0.3, -0.25) is 0 Å². The first-order valence-electron chi connectivity index (χ1n) is 20.6. The Hall–Kier alpha value is -7.94. The number of nitrogens with zero attached hydrogens (tertiary/aromatic N) is 2. The van der Waals surface area contributed by atoms with E-state index in [4.69, 9.17) is 0 Å². The second kappa shape index (κ2) is 15.1. The van der Waals surface area contributed by atoms with Gasteiger partial charge in [0.1, 0.15) is 0 Å². The molecule has 0 bridgehead atoms. The molecule has 1 aromatic heterocycles. The van der Waals surface area contributed by atoms with Gasteiger partial charge in [-0.25, -0.2) is 0 Å². The van der Waals surface area contributed by atoms with Crippen molar-refractivity contribution in [3.63, 3.8) is 0 Å². The Morgan fingerprint density at radius 1 is 0.283 bits per heavy atom. The lowest BCUT2D eigenvalue weighted by Crippen LogP contribution is -2.11. The van der Waals surface area contributed by atoms with E-state index < -0.39 is 0 Å². The van der Waals surface area contributed by atoms with Crippen LogP contribution in [-0.4, -0.2) is 4.57 Å². The fraction of sp³-hybridized carbons (Fsp3) is 0. The van der Waals surface area contributed by atoms with Crippen molar-refractivity contribution in [2.24, 2.45) is 0 Å². The van der Waals surface area contributed by atoms with Crippen molar-refractivity contribution in [1.82, 2.24) is 4.57 Å². The number of benzene rings is 10. The van der Waals surface area contributed by atoms with Crippen LogP contribution in [0.25, 0.3) is 82.8 Å². The SMILES string of the molecule is c1ccc(-c2ccc(N(c3ccc4c5ccccc5n(-c5ccccc5-c5ccccc5-c5ccccc5)c4c3)c3cc4ccccc4cc3-c3ccccc3)cc2)cc1. The summed E-state index contributed by atoms with van der Waals surface area (Å²) in [7, 11) is 0. The van der Waals surface area contributed by atoms with Crippen LogP contribution in [0, 0.1) is 0 Å². The third kappa shape index (κ3) is 6.23. The molecule has 0 spiro atoms. The van der Waals surface area contributed by atoms with Gasteiger partial charge in [0, 0.05) is 33.3 Å². The molecule has 0 N–H and O–H groups in total. The van der Waals surface area contributed by atoms with E-state index in [1.165, 1.54) is 71.6 Å². The number of anilines is 3. The standard InChI is InChI=1S/C58H40N2/c1-4-18-41(19-5-1)42-32-34-47(35-33-42)59(57-39-46-25-11-10-24-45(46)38-54(57)44-22-8-3-9-23-44)48-36-37-53-52-29-15-17-31-56(52)60(58(53)40-48)55-30-16-14-28-51(55)50-27-13-12-26-49(50)43-20-6-2-7-21-43/h1-40H. The summed E-state index contributed by atoms with van der Waals surface area (Å²) in [6.07, 6.45) is 0. The maximum absolute atomic E-state index is 2.47. The van der Waals surface area contributed by atoms with Crippen LogP contribution in [0.15, 0.2) is 243 Å². The molecule has 1 heterocycles. The number of hydrogen-bond acceptors (Lipinski definition) is 1. The Labute approximate surface area is 350 Å². The summed E-state index contributed by atoms with van der Waals surface area (Å²) < 4.78 is 2.47. The lowest BCUT2D eigenvalue weighted by molar-refractivity contribution is 1.18. The van der Waals surface area contributed by atoms with E-state index in [2.05, 4.69) is 252 Å². The molecule has 2 heteroatoms. The van der Waals surface area contributed by atoms with E-state index in [9.17, 15) is 0 Å². The van der Waals surface area contributed by atoms with Gasteiger partial charge in [-0.1, -0.05) is 194 Å². The molecule has 60 heavy (non-hydrogen) atoms. The van der Waals surface area contributed by atoms with Gasteiger partial charge in [0.25, 0.3) is 0 Å². The van der Waals surface area contributed by atoms with Gasteiger partial charge in [-0.2, -0.15) is 0 Å². The van der Waals surface area contributed by atoms with Gasteiger partial charge in [-0.05, 0) is 92.7 Å². The highest BCUT2D eigenvalue weighted by atomic mass is 15.1. The lowest BCUT2D eigenvalue weighted by atomic mass is 9.93. The molecule has 0 amide bonds. The van der Waals surface area contributed by atoms with Gasteiger partial charge in [0.2, 0.25) is 0 Å². The van der Waals surface area contributed by atoms with Crippen molar-refractivity contribution in [2.75, 3.05) is 4.90 Å². The molecule has 0 saturated carbocycles. The van der Waals surface area contributed by atoms with Crippen LogP contribution in [-0.2, 0) is 0 Å². The summed E-state index contributed by atoms with van der Waals surface area (Å²) in [6.45, 7) is 0. The molecule has 11 aromatic rings. The van der Waals surface area contributed by atoms with Crippen molar-refractivity contribution in [3.8, 4) is 50.2 Å². The lowest BCUT2D eigenvalue weighted by Gasteiger charge is -2.29. The molecule has 0 radical (unpaired) electrons. The summed E-state index contributed by atoms with van der Waals surface area (Å²) in [6, 6.07) is 88.0. The first kappa shape index (κ1) is 35.2. The topological polar surface area (TPSA) is 8.17 Å². The average molecular weight is 765 g/mol. The molecular weight excluding hydrogens is 725 g/mol. The van der Waals surface area contributed by atoms with Crippen LogP contribution in [0.2, 0.25) is 0 Å². The summed E-state index contributed by atoms with van der Waals surface area (Å²) in [5.74, 6) is 0. The Balaban J connectivity index is 1.17. The highest BCUT2D eigenvalue weighted by molar-refractivity contribution is 6.11. The zero-order chi connectivity index (χ0) is 39.8. The van der Waals surface area contributed by atoms with Gasteiger partial charge < -0.3 is 9.47 Å². The summed E-state index contributed by atoms with van der Waals surface area (Å²) in [4.78, 5) is 2.45. The van der Waals surface area contributed by atoms with Crippen molar-refractivity contribution in [1.29, 1.82) is 0 Å². The molecule has 2 nitrogen and oxygen atoms in total. The maximum Gasteiger partial charge on any atom is 0.0562 e. The Morgan fingerprint density at radius 2 is 0.783 bits per heavy atom. The van der Waals surface area contributed by atoms with Crippen LogP contribution >= 0.6 is 0 Å². The molecule has 0 aliphatic rings. The first-order valence-corrected chi connectivity index (χ1v) is 20.6. The van der Waals surface area contributed by atoms with E-state index in [1.54, 1.807) is 0 Å². The van der Waals surface area contributed by atoms with E-state index in [0.29, 0.717) is 0 Å². The highest BCUT2D eigenvalue weighted by Gasteiger charge is 2.22. The molecular formula is C58H40N2. The van der Waals surface area contributed by atoms with Crippen LogP contribution in [0.5, 0.6) is 0 Å². The monoisotopic (exact) mass is 764 g/mol. The third-order valence-corrected chi connectivity index (χ3v) is 11.8. The van der Waals surface area contributed by atoms with Gasteiger partial charge in [0.05, 0.1) is 22.4 Å². The molecule has 282 valence electrons. The van der Waals surface area contributed by atoms with E-state index in [0.717, 1.165) is 28.3 Å². The molecule has 0 atom stereocenters. The second-order valence-electron chi connectivity index (χ2n) is 15.3. The largest absolute Gasteiger partial charge is 0.310 e. The smallest absolute Gasteiger partial charge is 0.0562 e. The predicted molar refractivity (Wildman–Crippen MR) is 255 cm³/mol. The summed E-state index contributed by atoms with van der Waals surface area (Å²) >= 11 is 0. The van der Waals surface area contributed by atoms with E-state index >= 15 is 0 Å². The minimum Gasteiger partial charge on any atom is -0.310 e. The number of rotatable bonds is 8. The highest BCUT2D eigenvalue weighted by Crippen LogP contribution is 2.46. The Morgan fingerprint density at radius 3 is 1.50 bits per heavy atom. The third-order valence-electron chi connectivity index (χ3n) is 11.8. The minimum absolute atomic E-state index is 1.08. The molecule has 0 unspecified atom stereocenters. The molecule has 0 saturated heterocycles. The van der Waals surface area contributed by atoms with Gasteiger partial charge in [0.15, 0.2) is 0 Å². The molecule has 0 fully saturated rings. The van der Waals surface area contributed by atoms with Crippen molar-refractivity contribution in [2.45, 2.75) is 0 Å². The maximum atomic E-state index is 2.47. The fourth-order valence-electron chi connectivity index (χ4n) is 8.96. The molecule has 10 aromatic carbocycles.